The number of hydrogen-bond acceptors (Lipinski definition) is 4. The first-order chi connectivity index (χ1) is 8.79. The predicted molar refractivity (Wildman–Crippen MR) is 64.1 cm³/mol. The van der Waals surface area contributed by atoms with Gasteiger partial charge in [0.15, 0.2) is 0 Å². The minimum Gasteiger partial charge on any atom is -0.493 e. The molecular formula is C13H15NO4. The zero-order valence-electron chi connectivity index (χ0n) is 10.2. The second-order valence-electron chi connectivity index (χ2n) is 4.36. The normalized spacial score (nSPS) is 15.4. The number of rotatable bonds is 2. The number of carbonyl (C=O) groups excluding carboxylic acids is 1. The van der Waals surface area contributed by atoms with E-state index in [2.05, 4.69) is 16.1 Å². The van der Waals surface area contributed by atoms with Gasteiger partial charge in [-0.1, -0.05) is 0 Å². The Kier molecular flexibility index (Phi) is 2.74. The number of benzene rings is 1. The van der Waals surface area contributed by atoms with Crippen LogP contribution < -0.4 is 14.8 Å². The van der Waals surface area contributed by atoms with Gasteiger partial charge >= 0.3 is 6.09 Å². The summed E-state index contributed by atoms with van der Waals surface area (Å²) in [5, 5.41) is 2.71. The topological polar surface area (TPSA) is 56.8 Å². The van der Waals surface area contributed by atoms with Crippen molar-refractivity contribution in [3.63, 3.8) is 0 Å². The molecule has 0 aliphatic carbocycles. The fourth-order valence-electron chi connectivity index (χ4n) is 2.50. The number of ether oxygens (including phenoxy) is 3. The molecule has 1 aromatic carbocycles. The van der Waals surface area contributed by atoms with Gasteiger partial charge in [0.2, 0.25) is 0 Å². The molecule has 3 rings (SSSR count). The van der Waals surface area contributed by atoms with Gasteiger partial charge in [-0.15, -0.1) is 0 Å². The predicted octanol–water partition coefficient (Wildman–Crippen LogP) is 1.41. The molecule has 2 aliphatic heterocycles. The molecule has 18 heavy (non-hydrogen) atoms. The van der Waals surface area contributed by atoms with Crippen molar-refractivity contribution in [1.29, 1.82) is 0 Å². The van der Waals surface area contributed by atoms with E-state index in [1.54, 1.807) is 0 Å². The molecule has 5 nitrogen and oxygen atoms in total. The molecule has 1 amide bonds. The third-order valence-corrected chi connectivity index (χ3v) is 3.36. The molecule has 1 aromatic rings. The lowest BCUT2D eigenvalue weighted by atomic mass is 9.99. The smallest absolute Gasteiger partial charge is 0.407 e. The van der Waals surface area contributed by atoms with Crippen molar-refractivity contribution < 1.29 is 19.0 Å². The van der Waals surface area contributed by atoms with Crippen molar-refractivity contribution in [3.05, 3.63) is 22.8 Å². The lowest BCUT2D eigenvalue weighted by Crippen LogP contribution is -2.23. The first kappa shape index (κ1) is 11.2. The van der Waals surface area contributed by atoms with Gasteiger partial charge in [0.05, 0.1) is 26.9 Å². The molecule has 0 bridgehead atoms. The van der Waals surface area contributed by atoms with Crippen molar-refractivity contribution in [2.75, 3.05) is 20.3 Å². The number of carbonyl (C=O) groups is 1. The van der Waals surface area contributed by atoms with Crippen molar-refractivity contribution in [2.45, 2.75) is 19.4 Å². The molecule has 1 N–H and O–H groups in total. The Balaban J connectivity index is 1.94. The lowest BCUT2D eigenvalue weighted by Gasteiger charge is -2.13. The van der Waals surface area contributed by atoms with Crippen LogP contribution in [0.2, 0.25) is 0 Å². The summed E-state index contributed by atoms with van der Waals surface area (Å²) in [6, 6.07) is 2.06. The molecule has 0 spiro atoms. The average molecular weight is 249 g/mol. The van der Waals surface area contributed by atoms with Gasteiger partial charge in [-0.3, -0.25) is 0 Å². The van der Waals surface area contributed by atoms with E-state index >= 15 is 0 Å². The van der Waals surface area contributed by atoms with Crippen LogP contribution in [-0.4, -0.2) is 26.4 Å². The summed E-state index contributed by atoms with van der Waals surface area (Å²) < 4.78 is 15.9. The van der Waals surface area contributed by atoms with Crippen LogP contribution in [0, 0.1) is 0 Å². The van der Waals surface area contributed by atoms with E-state index in [9.17, 15) is 4.79 Å². The highest BCUT2D eigenvalue weighted by Gasteiger charge is 2.26. The second-order valence-corrected chi connectivity index (χ2v) is 4.36. The van der Waals surface area contributed by atoms with Gasteiger partial charge in [0, 0.05) is 29.5 Å². The van der Waals surface area contributed by atoms with Gasteiger partial charge < -0.3 is 19.5 Å². The molecule has 0 saturated heterocycles. The standard InChI is InChI=1S/C13H15NO4/c1-16-13(15)14-7-10-9-3-5-17-11(9)6-8-2-4-18-12(8)10/h6H,2-5,7H2,1H3,(H,14,15). The van der Waals surface area contributed by atoms with E-state index in [1.807, 2.05) is 0 Å². The van der Waals surface area contributed by atoms with Gasteiger partial charge in [0.25, 0.3) is 0 Å². The first-order valence-corrected chi connectivity index (χ1v) is 6.04. The average Bonchev–Trinajstić information content (AvgIpc) is 3.01. The maximum atomic E-state index is 11.2. The minimum absolute atomic E-state index is 0.418. The van der Waals surface area contributed by atoms with Crippen LogP contribution in [0.4, 0.5) is 4.79 Å². The maximum Gasteiger partial charge on any atom is 0.407 e. The molecule has 96 valence electrons. The largest absolute Gasteiger partial charge is 0.493 e. The van der Waals surface area contributed by atoms with Crippen LogP contribution in [0.15, 0.2) is 6.07 Å². The Hall–Kier alpha value is -1.91. The number of hydrogen-bond donors (Lipinski definition) is 1. The SMILES string of the molecule is COC(=O)NCc1c2c(cc3c1OCC3)OCC2. The third-order valence-electron chi connectivity index (χ3n) is 3.36. The van der Waals surface area contributed by atoms with Gasteiger partial charge in [-0.05, 0) is 6.07 Å². The van der Waals surface area contributed by atoms with Crippen LogP contribution in [0.3, 0.4) is 0 Å². The van der Waals surface area contributed by atoms with Crippen molar-refractivity contribution in [3.8, 4) is 11.5 Å². The molecule has 2 heterocycles. The van der Waals surface area contributed by atoms with Crippen LogP contribution in [0.1, 0.15) is 16.7 Å². The van der Waals surface area contributed by atoms with Crippen LogP contribution in [0.25, 0.3) is 0 Å². The van der Waals surface area contributed by atoms with E-state index in [1.165, 1.54) is 7.11 Å². The molecule has 0 unspecified atom stereocenters. The zero-order valence-corrected chi connectivity index (χ0v) is 10.2. The summed E-state index contributed by atoms with van der Waals surface area (Å²) >= 11 is 0. The Morgan fingerprint density at radius 2 is 2.22 bits per heavy atom. The second kappa shape index (κ2) is 4.40. The summed E-state index contributed by atoms with van der Waals surface area (Å²) in [5.41, 5.74) is 3.34. The quantitative estimate of drug-likeness (QED) is 0.861. The van der Waals surface area contributed by atoms with E-state index in [-0.39, 0.29) is 0 Å². The lowest BCUT2D eigenvalue weighted by molar-refractivity contribution is 0.170. The molecule has 0 fully saturated rings. The van der Waals surface area contributed by atoms with E-state index in [0.717, 1.165) is 41.0 Å². The number of fused-ring (bicyclic) bond motifs is 2. The molecule has 2 aliphatic rings. The molecule has 0 radical (unpaired) electrons. The summed E-state index contributed by atoms with van der Waals surface area (Å²) in [7, 11) is 1.36. The van der Waals surface area contributed by atoms with Crippen molar-refractivity contribution in [1.82, 2.24) is 5.32 Å². The Morgan fingerprint density at radius 3 is 3.06 bits per heavy atom. The van der Waals surface area contributed by atoms with Crippen LogP contribution >= 0.6 is 0 Å². The van der Waals surface area contributed by atoms with Gasteiger partial charge in [-0.2, -0.15) is 0 Å². The van der Waals surface area contributed by atoms with E-state index < -0.39 is 6.09 Å². The van der Waals surface area contributed by atoms with Crippen molar-refractivity contribution >= 4 is 6.09 Å². The number of amides is 1. The number of methoxy groups -OCH3 is 1. The van der Waals surface area contributed by atoms with Crippen molar-refractivity contribution in [2.24, 2.45) is 0 Å². The van der Waals surface area contributed by atoms with E-state index in [0.29, 0.717) is 19.8 Å². The number of nitrogens with one attached hydrogen (secondary N) is 1. The summed E-state index contributed by atoms with van der Waals surface area (Å²) in [6.07, 6.45) is 1.33. The highest BCUT2D eigenvalue weighted by molar-refractivity contribution is 5.67. The Labute approximate surface area is 105 Å². The Morgan fingerprint density at radius 1 is 1.39 bits per heavy atom. The molecule has 0 atom stereocenters. The summed E-state index contributed by atoms with van der Waals surface area (Å²) in [5.74, 6) is 1.84. The molecular weight excluding hydrogens is 234 g/mol. The summed E-state index contributed by atoms with van der Waals surface area (Å²) in [6.45, 7) is 1.81. The fraction of sp³-hybridized carbons (Fsp3) is 0.462. The van der Waals surface area contributed by atoms with Gasteiger partial charge in [0.1, 0.15) is 11.5 Å². The molecule has 0 saturated carbocycles. The van der Waals surface area contributed by atoms with Crippen LogP contribution in [0.5, 0.6) is 11.5 Å². The maximum absolute atomic E-state index is 11.2. The zero-order chi connectivity index (χ0) is 12.5. The monoisotopic (exact) mass is 249 g/mol. The Bertz CT molecular complexity index is 466. The fourth-order valence-corrected chi connectivity index (χ4v) is 2.50. The van der Waals surface area contributed by atoms with Crippen LogP contribution in [-0.2, 0) is 24.1 Å². The number of alkyl carbamates (subject to hydrolysis) is 1. The highest BCUT2D eigenvalue weighted by atomic mass is 16.5. The van der Waals surface area contributed by atoms with E-state index in [4.69, 9.17) is 9.47 Å². The minimum atomic E-state index is -0.432. The molecule has 0 aromatic heterocycles. The van der Waals surface area contributed by atoms with Gasteiger partial charge in [-0.25, -0.2) is 4.79 Å². The third kappa shape index (κ3) is 1.75. The molecule has 5 heteroatoms. The first-order valence-electron chi connectivity index (χ1n) is 6.04. The highest BCUT2D eigenvalue weighted by Crippen LogP contribution is 2.40. The summed E-state index contributed by atoms with van der Waals surface area (Å²) in [4.78, 5) is 11.2.